The van der Waals surface area contributed by atoms with E-state index in [9.17, 15) is 4.79 Å². The first-order valence-electron chi connectivity index (χ1n) is 7.29. The molecule has 3 heteroatoms. The minimum Gasteiger partial charge on any atom is -0.344 e. The van der Waals surface area contributed by atoms with Crippen LogP contribution >= 0.6 is 0 Å². The predicted molar refractivity (Wildman–Crippen MR) is 78.0 cm³/mol. The van der Waals surface area contributed by atoms with Crippen LogP contribution in [-0.4, -0.2) is 37.0 Å². The van der Waals surface area contributed by atoms with Crippen molar-refractivity contribution in [3.05, 3.63) is 35.9 Å². The Balaban J connectivity index is 1.81. The summed E-state index contributed by atoms with van der Waals surface area (Å²) in [6.07, 6.45) is 5.50. The molecule has 0 aliphatic carbocycles. The molecule has 1 aliphatic heterocycles. The van der Waals surface area contributed by atoms with Gasteiger partial charge in [-0.1, -0.05) is 43.2 Å². The van der Waals surface area contributed by atoms with Gasteiger partial charge in [-0.15, -0.1) is 0 Å². The van der Waals surface area contributed by atoms with Crippen LogP contribution in [0.1, 0.15) is 31.2 Å². The van der Waals surface area contributed by atoms with Crippen LogP contribution in [0.25, 0.3) is 0 Å². The lowest BCUT2D eigenvalue weighted by atomic mass is 10.1. The summed E-state index contributed by atoms with van der Waals surface area (Å²) < 4.78 is 0. The highest BCUT2D eigenvalue weighted by Gasteiger charge is 2.22. The molecule has 1 fully saturated rings. The summed E-state index contributed by atoms with van der Waals surface area (Å²) in [6.45, 7) is 1.77. The number of nitrogens with one attached hydrogen (secondary N) is 1. The van der Waals surface area contributed by atoms with Crippen LogP contribution in [0, 0.1) is 0 Å². The molecule has 1 heterocycles. The molecule has 0 aromatic heterocycles. The van der Waals surface area contributed by atoms with E-state index in [1.165, 1.54) is 18.4 Å². The van der Waals surface area contributed by atoms with Crippen molar-refractivity contribution < 1.29 is 4.79 Å². The van der Waals surface area contributed by atoms with E-state index in [1.807, 2.05) is 30.1 Å². The Hall–Kier alpha value is -1.35. The Morgan fingerprint density at radius 1 is 1.26 bits per heavy atom. The third kappa shape index (κ3) is 4.35. The Morgan fingerprint density at radius 2 is 2.05 bits per heavy atom. The van der Waals surface area contributed by atoms with Crippen LogP contribution < -0.4 is 5.32 Å². The molecule has 1 unspecified atom stereocenters. The van der Waals surface area contributed by atoms with Crippen LogP contribution in [0.5, 0.6) is 0 Å². The largest absolute Gasteiger partial charge is 0.344 e. The summed E-state index contributed by atoms with van der Waals surface area (Å²) in [5.74, 6) is 0.248. The monoisotopic (exact) mass is 260 g/mol. The number of carbonyl (C=O) groups is 1. The standard InChI is InChI=1S/C16H24N2O/c1-18(13-11-14-8-4-2-5-9-14)16(19)15-10-6-3-7-12-17-15/h2,4-5,8-9,15,17H,3,6-7,10-13H2,1H3. The molecular formula is C16H24N2O. The summed E-state index contributed by atoms with van der Waals surface area (Å²) in [5.41, 5.74) is 1.29. The normalized spacial score (nSPS) is 19.7. The van der Waals surface area contributed by atoms with Gasteiger partial charge in [0.1, 0.15) is 0 Å². The molecule has 1 amide bonds. The fraction of sp³-hybridized carbons (Fsp3) is 0.562. The maximum Gasteiger partial charge on any atom is 0.239 e. The lowest BCUT2D eigenvalue weighted by Gasteiger charge is -2.23. The van der Waals surface area contributed by atoms with Gasteiger partial charge < -0.3 is 10.2 Å². The fourth-order valence-corrected chi connectivity index (χ4v) is 2.56. The van der Waals surface area contributed by atoms with E-state index in [0.29, 0.717) is 0 Å². The number of hydrogen-bond donors (Lipinski definition) is 1. The van der Waals surface area contributed by atoms with Gasteiger partial charge in [-0.3, -0.25) is 4.79 Å². The first-order valence-corrected chi connectivity index (χ1v) is 7.29. The number of carbonyl (C=O) groups excluding carboxylic acids is 1. The van der Waals surface area contributed by atoms with Gasteiger partial charge in [-0.05, 0) is 31.4 Å². The zero-order valence-corrected chi connectivity index (χ0v) is 11.8. The van der Waals surface area contributed by atoms with E-state index in [1.54, 1.807) is 0 Å². The lowest BCUT2D eigenvalue weighted by Crippen LogP contribution is -2.45. The highest BCUT2D eigenvalue weighted by Crippen LogP contribution is 2.10. The van der Waals surface area contributed by atoms with Crippen LogP contribution in [0.15, 0.2) is 30.3 Å². The van der Waals surface area contributed by atoms with Crippen LogP contribution in [0.2, 0.25) is 0 Å². The lowest BCUT2D eigenvalue weighted by molar-refractivity contribution is -0.132. The summed E-state index contributed by atoms with van der Waals surface area (Å²) in [5, 5.41) is 3.37. The topological polar surface area (TPSA) is 32.3 Å². The summed E-state index contributed by atoms with van der Waals surface area (Å²) in [6, 6.07) is 10.4. The molecule has 2 rings (SSSR count). The zero-order valence-electron chi connectivity index (χ0n) is 11.8. The quantitative estimate of drug-likeness (QED) is 0.900. The van der Waals surface area contributed by atoms with Crippen molar-refractivity contribution in [2.24, 2.45) is 0 Å². The Morgan fingerprint density at radius 3 is 2.84 bits per heavy atom. The number of rotatable bonds is 4. The molecule has 0 spiro atoms. The molecule has 1 atom stereocenters. The van der Waals surface area contributed by atoms with Gasteiger partial charge in [-0.2, -0.15) is 0 Å². The van der Waals surface area contributed by atoms with Gasteiger partial charge in [-0.25, -0.2) is 0 Å². The minimum absolute atomic E-state index is 0.0308. The van der Waals surface area contributed by atoms with Crippen LogP contribution in [0.3, 0.4) is 0 Å². The molecule has 0 saturated carbocycles. The average Bonchev–Trinajstić information content (AvgIpc) is 2.74. The highest BCUT2D eigenvalue weighted by molar-refractivity contribution is 5.81. The SMILES string of the molecule is CN(CCc1ccccc1)C(=O)C1CCCCCN1. The Bertz CT molecular complexity index is 383. The first-order chi connectivity index (χ1) is 9.27. The maximum absolute atomic E-state index is 12.3. The van der Waals surface area contributed by atoms with Crippen molar-refractivity contribution in [1.82, 2.24) is 10.2 Å². The second-order valence-electron chi connectivity index (χ2n) is 5.35. The van der Waals surface area contributed by atoms with E-state index in [0.717, 1.165) is 32.4 Å². The molecular weight excluding hydrogens is 236 g/mol. The molecule has 104 valence electrons. The number of nitrogens with zero attached hydrogens (tertiary/aromatic N) is 1. The third-order valence-corrected chi connectivity index (χ3v) is 3.81. The van der Waals surface area contributed by atoms with Crippen LogP contribution in [0.4, 0.5) is 0 Å². The molecule has 3 nitrogen and oxygen atoms in total. The number of hydrogen-bond acceptors (Lipinski definition) is 2. The van der Waals surface area contributed by atoms with Crippen LogP contribution in [-0.2, 0) is 11.2 Å². The van der Waals surface area contributed by atoms with Gasteiger partial charge >= 0.3 is 0 Å². The molecule has 1 aliphatic rings. The molecule has 1 aromatic carbocycles. The first kappa shape index (κ1) is 14.1. The van der Waals surface area contributed by atoms with Gasteiger partial charge in [0.2, 0.25) is 5.91 Å². The average molecular weight is 260 g/mol. The summed E-state index contributed by atoms with van der Waals surface area (Å²) in [4.78, 5) is 14.2. The van der Waals surface area contributed by atoms with Crippen molar-refractivity contribution in [2.45, 2.75) is 38.1 Å². The number of benzene rings is 1. The summed E-state index contributed by atoms with van der Waals surface area (Å²) >= 11 is 0. The zero-order chi connectivity index (χ0) is 13.5. The van der Waals surface area contributed by atoms with E-state index in [2.05, 4.69) is 17.4 Å². The number of likely N-dealkylation sites (N-methyl/N-ethyl adjacent to an activating group) is 1. The van der Waals surface area contributed by atoms with Crippen molar-refractivity contribution in [3.63, 3.8) is 0 Å². The molecule has 1 N–H and O–H groups in total. The van der Waals surface area contributed by atoms with Gasteiger partial charge in [0.25, 0.3) is 0 Å². The Kier molecular flexibility index (Phi) is 5.40. The van der Waals surface area contributed by atoms with Gasteiger partial charge in [0.05, 0.1) is 6.04 Å². The van der Waals surface area contributed by atoms with E-state index >= 15 is 0 Å². The molecule has 1 saturated heterocycles. The number of amides is 1. The summed E-state index contributed by atoms with van der Waals surface area (Å²) in [7, 11) is 1.91. The van der Waals surface area contributed by atoms with E-state index < -0.39 is 0 Å². The molecule has 1 aromatic rings. The van der Waals surface area contributed by atoms with Crippen molar-refractivity contribution in [2.75, 3.05) is 20.1 Å². The third-order valence-electron chi connectivity index (χ3n) is 3.81. The second kappa shape index (κ2) is 7.29. The highest BCUT2D eigenvalue weighted by atomic mass is 16.2. The Labute approximate surface area is 116 Å². The van der Waals surface area contributed by atoms with Crippen molar-refractivity contribution in [1.29, 1.82) is 0 Å². The molecule has 0 radical (unpaired) electrons. The van der Waals surface area contributed by atoms with Crippen molar-refractivity contribution in [3.8, 4) is 0 Å². The van der Waals surface area contributed by atoms with Crippen molar-refractivity contribution >= 4 is 5.91 Å². The molecule has 0 bridgehead atoms. The fourth-order valence-electron chi connectivity index (χ4n) is 2.56. The smallest absolute Gasteiger partial charge is 0.239 e. The second-order valence-corrected chi connectivity index (χ2v) is 5.35. The van der Waals surface area contributed by atoms with E-state index in [4.69, 9.17) is 0 Å². The van der Waals surface area contributed by atoms with Gasteiger partial charge in [0.15, 0.2) is 0 Å². The van der Waals surface area contributed by atoms with Gasteiger partial charge in [0, 0.05) is 13.6 Å². The molecule has 19 heavy (non-hydrogen) atoms. The minimum atomic E-state index is 0.0308. The van der Waals surface area contributed by atoms with E-state index in [-0.39, 0.29) is 11.9 Å². The predicted octanol–water partition coefficient (Wildman–Crippen LogP) is 2.22. The maximum atomic E-state index is 12.3.